The molecule has 2 atom stereocenters. The van der Waals surface area contributed by atoms with Crippen LogP contribution in [-0.2, 0) is 9.59 Å². The van der Waals surface area contributed by atoms with E-state index in [4.69, 9.17) is 0 Å². The average molecular weight is 355 g/mol. The van der Waals surface area contributed by atoms with Crippen molar-refractivity contribution in [3.63, 3.8) is 0 Å². The number of imide groups is 1. The Balaban J connectivity index is 2.00. The SMILES string of the molecule is CC1c2c(ccc(Br)c2F)C(=O)N1C1CCC(=O)NC1=O. The number of rotatable bonds is 1. The van der Waals surface area contributed by atoms with E-state index in [0.29, 0.717) is 5.56 Å². The molecule has 1 fully saturated rings. The molecule has 7 heteroatoms. The molecule has 1 aromatic rings. The van der Waals surface area contributed by atoms with Gasteiger partial charge < -0.3 is 4.90 Å². The zero-order valence-corrected chi connectivity index (χ0v) is 12.7. The zero-order valence-electron chi connectivity index (χ0n) is 11.2. The summed E-state index contributed by atoms with van der Waals surface area (Å²) in [6, 6.07) is 1.74. The van der Waals surface area contributed by atoms with Crippen molar-refractivity contribution in [3.8, 4) is 0 Å². The van der Waals surface area contributed by atoms with Crippen LogP contribution in [0.15, 0.2) is 16.6 Å². The van der Waals surface area contributed by atoms with Crippen LogP contribution in [0, 0.1) is 5.82 Å². The largest absolute Gasteiger partial charge is 0.320 e. The van der Waals surface area contributed by atoms with Gasteiger partial charge in [0.15, 0.2) is 0 Å². The molecule has 0 spiro atoms. The molecule has 110 valence electrons. The van der Waals surface area contributed by atoms with Gasteiger partial charge in [0.25, 0.3) is 5.91 Å². The summed E-state index contributed by atoms with van der Waals surface area (Å²) in [5.41, 5.74) is 0.562. The molecule has 2 aliphatic rings. The molecule has 1 N–H and O–H groups in total. The van der Waals surface area contributed by atoms with Gasteiger partial charge in [0.1, 0.15) is 11.9 Å². The van der Waals surface area contributed by atoms with E-state index in [1.54, 1.807) is 13.0 Å². The molecule has 0 radical (unpaired) electrons. The number of nitrogens with one attached hydrogen (secondary N) is 1. The minimum atomic E-state index is -0.740. The normalized spacial score (nSPS) is 25.1. The summed E-state index contributed by atoms with van der Waals surface area (Å²) in [5.74, 6) is -1.71. The summed E-state index contributed by atoms with van der Waals surface area (Å²) in [4.78, 5) is 37.0. The number of amides is 3. The fourth-order valence-corrected chi connectivity index (χ4v) is 3.32. The maximum atomic E-state index is 14.2. The van der Waals surface area contributed by atoms with E-state index in [2.05, 4.69) is 21.2 Å². The highest BCUT2D eigenvalue weighted by Crippen LogP contribution is 2.39. The van der Waals surface area contributed by atoms with Crippen LogP contribution in [0.4, 0.5) is 4.39 Å². The van der Waals surface area contributed by atoms with Gasteiger partial charge in [-0.05, 0) is 41.4 Å². The number of benzene rings is 1. The lowest BCUT2D eigenvalue weighted by Crippen LogP contribution is -2.53. The van der Waals surface area contributed by atoms with Crippen LogP contribution in [0.5, 0.6) is 0 Å². The fourth-order valence-electron chi connectivity index (χ4n) is 2.97. The van der Waals surface area contributed by atoms with Crippen molar-refractivity contribution in [2.45, 2.75) is 31.8 Å². The van der Waals surface area contributed by atoms with E-state index in [1.807, 2.05) is 0 Å². The quantitative estimate of drug-likeness (QED) is 0.783. The van der Waals surface area contributed by atoms with Crippen molar-refractivity contribution in [1.29, 1.82) is 0 Å². The highest BCUT2D eigenvalue weighted by Gasteiger charge is 2.44. The lowest BCUT2D eigenvalue weighted by Gasteiger charge is -2.32. The summed E-state index contributed by atoms with van der Waals surface area (Å²) in [5, 5.41) is 2.23. The van der Waals surface area contributed by atoms with Crippen molar-refractivity contribution < 1.29 is 18.8 Å². The van der Waals surface area contributed by atoms with Crippen molar-refractivity contribution >= 4 is 33.7 Å². The Bertz CT molecular complexity index is 676. The smallest absolute Gasteiger partial charge is 0.255 e. The molecule has 0 bridgehead atoms. The highest BCUT2D eigenvalue weighted by molar-refractivity contribution is 9.10. The topological polar surface area (TPSA) is 66.5 Å². The van der Waals surface area contributed by atoms with Gasteiger partial charge in [-0.3, -0.25) is 19.7 Å². The predicted octanol–water partition coefficient (Wildman–Crippen LogP) is 1.91. The Morgan fingerprint density at radius 1 is 1.33 bits per heavy atom. The highest BCUT2D eigenvalue weighted by atomic mass is 79.9. The molecule has 0 aromatic heterocycles. The molecular formula is C14H12BrFN2O3. The van der Waals surface area contributed by atoms with E-state index in [0.717, 1.165) is 0 Å². The van der Waals surface area contributed by atoms with E-state index < -0.39 is 23.8 Å². The van der Waals surface area contributed by atoms with Crippen LogP contribution in [0.1, 0.15) is 41.7 Å². The Kier molecular flexibility index (Phi) is 3.32. The van der Waals surface area contributed by atoms with E-state index in [-0.39, 0.29) is 34.7 Å². The van der Waals surface area contributed by atoms with Crippen LogP contribution in [0.3, 0.4) is 0 Å². The average Bonchev–Trinajstić information content (AvgIpc) is 2.67. The third-order valence-electron chi connectivity index (χ3n) is 3.98. The predicted molar refractivity (Wildman–Crippen MR) is 74.9 cm³/mol. The Labute approximate surface area is 128 Å². The molecule has 0 aliphatic carbocycles. The number of hydrogen-bond acceptors (Lipinski definition) is 3. The molecule has 5 nitrogen and oxygen atoms in total. The summed E-state index contributed by atoms with van der Waals surface area (Å²) >= 11 is 3.10. The molecule has 2 heterocycles. The van der Waals surface area contributed by atoms with Crippen molar-refractivity contribution in [2.24, 2.45) is 0 Å². The first-order chi connectivity index (χ1) is 9.91. The number of nitrogens with zero attached hydrogens (tertiary/aromatic N) is 1. The fraction of sp³-hybridized carbons (Fsp3) is 0.357. The first kappa shape index (κ1) is 14.2. The van der Waals surface area contributed by atoms with Gasteiger partial charge in [-0.2, -0.15) is 0 Å². The number of fused-ring (bicyclic) bond motifs is 1. The van der Waals surface area contributed by atoms with Gasteiger partial charge in [0.05, 0.1) is 10.5 Å². The molecule has 2 unspecified atom stereocenters. The molecule has 3 rings (SSSR count). The number of carbonyl (C=O) groups excluding carboxylic acids is 3. The zero-order chi connectivity index (χ0) is 15.3. The third kappa shape index (κ3) is 2.07. The maximum Gasteiger partial charge on any atom is 0.255 e. The molecule has 3 amide bonds. The molecular weight excluding hydrogens is 343 g/mol. The summed E-state index contributed by atoms with van der Waals surface area (Å²) in [6.45, 7) is 1.68. The standard InChI is InChI=1S/C14H12BrFN2O3/c1-6-11-7(2-3-8(15)12(11)16)14(21)18(6)9-4-5-10(19)17-13(9)20/h2-3,6,9H,4-5H2,1H3,(H,17,19,20). The molecule has 1 saturated heterocycles. The lowest BCUT2D eigenvalue weighted by atomic mass is 10.0. The Morgan fingerprint density at radius 3 is 2.71 bits per heavy atom. The number of hydrogen-bond donors (Lipinski definition) is 1. The van der Waals surface area contributed by atoms with Gasteiger partial charge in [0.2, 0.25) is 11.8 Å². The van der Waals surface area contributed by atoms with E-state index >= 15 is 0 Å². The summed E-state index contributed by atoms with van der Waals surface area (Å²) < 4.78 is 14.5. The molecule has 0 saturated carbocycles. The molecule has 1 aromatic carbocycles. The van der Waals surface area contributed by atoms with Crippen LogP contribution in [-0.4, -0.2) is 28.7 Å². The van der Waals surface area contributed by atoms with E-state index in [1.165, 1.54) is 11.0 Å². The van der Waals surface area contributed by atoms with Crippen molar-refractivity contribution in [3.05, 3.63) is 33.5 Å². The van der Waals surface area contributed by atoms with E-state index in [9.17, 15) is 18.8 Å². The van der Waals surface area contributed by atoms with Gasteiger partial charge >= 0.3 is 0 Å². The first-order valence-electron chi connectivity index (χ1n) is 6.56. The Morgan fingerprint density at radius 2 is 2.05 bits per heavy atom. The van der Waals surface area contributed by atoms with Crippen molar-refractivity contribution in [1.82, 2.24) is 10.2 Å². The van der Waals surface area contributed by atoms with Crippen LogP contribution >= 0.6 is 15.9 Å². The first-order valence-corrected chi connectivity index (χ1v) is 7.35. The second-order valence-electron chi connectivity index (χ2n) is 5.18. The minimum Gasteiger partial charge on any atom is -0.320 e. The Hall–Kier alpha value is -1.76. The monoisotopic (exact) mass is 354 g/mol. The maximum absolute atomic E-state index is 14.2. The van der Waals surface area contributed by atoms with Gasteiger partial charge in [-0.25, -0.2) is 4.39 Å². The number of carbonyl (C=O) groups is 3. The van der Waals surface area contributed by atoms with Gasteiger partial charge in [-0.1, -0.05) is 0 Å². The second kappa shape index (κ2) is 4.91. The van der Waals surface area contributed by atoms with Crippen LogP contribution < -0.4 is 5.32 Å². The second-order valence-corrected chi connectivity index (χ2v) is 6.03. The molecule has 21 heavy (non-hydrogen) atoms. The van der Waals surface area contributed by atoms with Crippen LogP contribution in [0.25, 0.3) is 0 Å². The van der Waals surface area contributed by atoms with Crippen LogP contribution in [0.2, 0.25) is 0 Å². The molecule has 2 aliphatic heterocycles. The van der Waals surface area contributed by atoms with Gasteiger partial charge in [-0.15, -0.1) is 0 Å². The lowest BCUT2D eigenvalue weighted by molar-refractivity contribution is -0.137. The summed E-state index contributed by atoms with van der Waals surface area (Å²) in [7, 11) is 0. The third-order valence-corrected chi connectivity index (χ3v) is 4.59. The van der Waals surface area contributed by atoms with Crippen molar-refractivity contribution in [2.75, 3.05) is 0 Å². The van der Waals surface area contributed by atoms with Gasteiger partial charge in [0, 0.05) is 17.5 Å². The summed E-state index contributed by atoms with van der Waals surface area (Å²) in [6.07, 6.45) is 0.437. The number of halogens is 2. The number of piperidine rings is 1. The minimum absolute atomic E-state index is 0.176.